The van der Waals surface area contributed by atoms with E-state index in [4.69, 9.17) is 14.2 Å². The highest BCUT2D eigenvalue weighted by molar-refractivity contribution is 7.99. The van der Waals surface area contributed by atoms with Crippen LogP contribution in [0.3, 0.4) is 0 Å². The molecule has 0 bridgehead atoms. The summed E-state index contributed by atoms with van der Waals surface area (Å²) in [4.78, 5) is 25.2. The van der Waals surface area contributed by atoms with Crippen LogP contribution >= 0.6 is 11.8 Å². The largest absolute Gasteiger partial charge is 0.457 e. The summed E-state index contributed by atoms with van der Waals surface area (Å²) in [7, 11) is 0. The normalized spacial score (nSPS) is 18.5. The van der Waals surface area contributed by atoms with E-state index in [-0.39, 0.29) is 36.7 Å². The van der Waals surface area contributed by atoms with Crippen molar-refractivity contribution < 1.29 is 28.9 Å². The second-order valence-electron chi connectivity index (χ2n) is 12.0. The molecule has 50 heavy (non-hydrogen) atoms. The van der Waals surface area contributed by atoms with Gasteiger partial charge in [0.05, 0.1) is 18.8 Å². The van der Waals surface area contributed by atoms with Crippen LogP contribution < -0.4 is 20.7 Å². The van der Waals surface area contributed by atoms with Crippen molar-refractivity contribution in [2.45, 2.75) is 43.8 Å². The zero-order valence-electron chi connectivity index (χ0n) is 27.7. The highest BCUT2D eigenvalue weighted by atomic mass is 32.2. The minimum Gasteiger partial charge on any atom is -0.457 e. The maximum Gasteiger partial charge on any atom is 0.323 e. The molecule has 3 amide bonds. The first kappa shape index (κ1) is 34.7. The van der Waals surface area contributed by atoms with Crippen molar-refractivity contribution in [3.05, 3.63) is 144 Å². The lowest BCUT2D eigenvalue weighted by atomic mass is 9.91. The Hall–Kier alpha value is -5.13. The van der Waals surface area contributed by atoms with Crippen molar-refractivity contribution >= 4 is 40.8 Å². The molecule has 0 aliphatic carbocycles. The summed E-state index contributed by atoms with van der Waals surface area (Å²) < 4.78 is 19.0. The second kappa shape index (κ2) is 16.5. The first-order valence-corrected chi connectivity index (χ1v) is 17.3. The van der Waals surface area contributed by atoms with Gasteiger partial charge in [0.15, 0.2) is 6.29 Å². The van der Waals surface area contributed by atoms with Gasteiger partial charge in [0, 0.05) is 46.1 Å². The minimum absolute atomic E-state index is 0.0263. The van der Waals surface area contributed by atoms with Crippen molar-refractivity contribution in [3.63, 3.8) is 0 Å². The molecule has 1 fully saturated rings. The lowest BCUT2D eigenvalue weighted by molar-refractivity contribution is -0.268. The van der Waals surface area contributed by atoms with Crippen molar-refractivity contribution in [3.8, 4) is 11.5 Å². The van der Waals surface area contributed by atoms with Crippen LogP contribution in [0.15, 0.2) is 132 Å². The first-order valence-electron chi connectivity index (χ1n) is 16.3. The molecule has 1 heterocycles. The van der Waals surface area contributed by atoms with Crippen LogP contribution in [0.2, 0.25) is 0 Å². The molecule has 1 saturated heterocycles. The Morgan fingerprint density at radius 3 is 1.88 bits per heavy atom. The summed E-state index contributed by atoms with van der Waals surface area (Å²) in [5, 5.41) is 18.1. The van der Waals surface area contributed by atoms with Crippen molar-refractivity contribution in [2.24, 2.45) is 5.92 Å². The van der Waals surface area contributed by atoms with Gasteiger partial charge in [-0.25, -0.2) is 4.79 Å². The summed E-state index contributed by atoms with van der Waals surface area (Å²) in [5.41, 5.74) is 4.66. The van der Waals surface area contributed by atoms with Gasteiger partial charge in [0.2, 0.25) is 5.91 Å². The molecule has 0 radical (unpaired) electrons. The lowest BCUT2D eigenvalue weighted by Crippen LogP contribution is -2.38. The van der Waals surface area contributed by atoms with Crippen LogP contribution in [0.25, 0.3) is 0 Å². The summed E-state index contributed by atoms with van der Waals surface area (Å²) >= 11 is 1.68. The number of urea groups is 1. The average Bonchev–Trinajstić information content (AvgIpc) is 3.13. The Bertz CT molecular complexity index is 1850. The molecule has 9 nitrogen and oxygen atoms in total. The van der Waals surface area contributed by atoms with E-state index in [0.717, 1.165) is 33.0 Å². The molecule has 5 aromatic carbocycles. The monoisotopic (exact) mass is 689 g/mol. The number of benzene rings is 5. The number of amides is 3. The van der Waals surface area contributed by atoms with Crippen LogP contribution in [-0.2, 0) is 20.9 Å². The number of thioether (sulfide) groups is 1. The molecule has 0 unspecified atom stereocenters. The summed E-state index contributed by atoms with van der Waals surface area (Å²) in [6.45, 7) is 3.59. The number of carbonyl (C=O) groups is 2. The fourth-order valence-electron chi connectivity index (χ4n) is 5.57. The molecule has 0 aromatic heterocycles. The molecule has 0 saturated carbocycles. The van der Waals surface area contributed by atoms with Gasteiger partial charge in [-0.15, -0.1) is 11.8 Å². The fourth-order valence-corrected chi connectivity index (χ4v) is 6.64. The predicted octanol–water partition coefficient (Wildman–Crippen LogP) is 9.16. The van der Waals surface area contributed by atoms with Gasteiger partial charge in [-0.3, -0.25) is 4.79 Å². The summed E-state index contributed by atoms with van der Waals surface area (Å²) in [5.74, 6) is 2.01. The molecule has 10 heteroatoms. The number of aliphatic hydroxyl groups excluding tert-OH is 1. The van der Waals surface area contributed by atoms with E-state index >= 15 is 0 Å². The highest BCUT2D eigenvalue weighted by Gasteiger charge is 2.38. The fraction of sp³-hybridized carbons (Fsp3) is 0.200. The zero-order chi connectivity index (χ0) is 34.9. The topological polar surface area (TPSA) is 118 Å². The lowest BCUT2D eigenvalue weighted by Gasteiger charge is -2.41. The van der Waals surface area contributed by atoms with Gasteiger partial charge in [-0.1, -0.05) is 61.5 Å². The third-order valence-electron chi connectivity index (χ3n) is 8.24. The number of hydrogen-bond donors (Lipinski definition) is 4. The molecule has 6 rings (SSSR count). The maximum atomic E-state index is 12.8. The Morgan fingerprint density at radius 1 is 0.700 bits per heavy atom. The number of para-hydroxylation sites is 1. The molecule has 0 spiro atoms. The third-order valence-corrected chi connectivity index (χ3v) is 9.34. The van der Waals surface area contributed by atoms with Crippen LogP contribution in [0.5, 0.6) is 11.5 Å². The second-order valence-corrected chi connectivity index (χ2v) is 13.1. The molecular weight excluding hydrogens is 651 g/mol. The molecule has 1 aliphatic rings. The molecule has 5 aromatic rings. The first-order chi connectivity index (χ1) is 24.3. The SMILES string of the molecule is CC(=O)Nc1ccc(SC[C@H]2O[C@@H](c3ccc(NC(=O)Nc4ccc(Oc5ccccc5)cc4)cc3)O[C@@H](c3ccc(CO)cc3)[C@H]2C)cc1. The number of rotatable bonds is 11. The van der Waals surface area contributed by atoms with Gasteiger partial charge in [-0.05, 0) is 83.9 Å². The van der Waals surface area contributed by atoms with Crippen LogP contribution in [-0.4, -0.2) is 28.9 Å². The molecular formula is C40H39N3O6S. The number of anilines is 3. The minimum atomic E-state index is -0.638. The smallest absolute Gasteiger partial charge is 0.323 e. The molecule has 4 atom stereocenters. The van der Waals surface area contributed by atoms with E-state index in [1.165, 1.54) is 6.92 Å². The summed E-state index contributed by atoms with van der Waals surface area (Å²) in [6, 6.07) is 39.3. The number of nitrogens with one attached hydrogen (secondary N) is 3. The van der Waals surface area contributed by atoms with E-state index in [2.05, 4.69) is 22.9 Å². The molecule has 1 aliphatic heterocycles. The Kier molecular flexibility index (Phi) is 11.5. The molecule has 4 N–H and O–H groups in total. The number of carbonyl (C=O) groups excluding carboxylic acids is 2. The zero-order valence-corrected chi connectivity index (χ0v) is 28.6. The number of aliphatic hydroxyl groups is 1. The van der Waals surface area contributed by atoms with Gasteiger partial charge < -0.3 is 35.3 Å². The Morgan fingerprint density at radius 2 is 1.26 bits per heavy atom. The Labute approximate surface area is 296 Å². The van der Waals surface area contributed by atoms with Crippen molar-refractivity contribution in [2.75, 3.05) is 21.7 Å². The van der Waals surface area contributed by atoms with E-state index < -0.39 is 6.29 Å². The quantitative estimate of drug-likeness (QED) is 0.102. The van der Waals surface area contributed by atoms with E-state index in [1.54, 1.807) is 36.0 Å². The highest BCUT2D eigenvalue weighted by Crippen LogP contribution is 2.43. The van der Waals surface area contributed by atoms with Gasteiger partial charge >= 0.3 is 6.03 Å². The molecule has 256 valence electrons. The van der Waals surface area contributed by atoms with E-state index in [1.807, 2.05) is 103 Å². The predicted molar refractivity (Wildman–Crippen MR) is 196 cm³/mol. The van der Waals surface area contributed by atoms with Crippen LogP contribution in [0.4, 0.5) is 21.9 Å². The van der Waals surface area contributed by atoms with Gasteiger partial charge in [0.1, 0.15) is 11.5 Å². The third kappa shape index (κ3) is 9.31. The van der Waals surface area contributed by atoms with Crippen molar-refractivity contribution in [1.82, 2.24) is 0 Å². The van der Waals surface area contributed by atoms with Crippen LogP contribution in [0.1, 0.15) is 42.9 Å². The Balaban J connectivity index is 1.10. The maximum absolute atomic E-state index is 12.8. The van der Waals surface area contributed by atoms with Crippen molar-refractivity contribution in [1.29, 1.82) is 0 Å². The van der Waals surface area contributed by atoms with Gasteiger partial charge in [0.25, 0.3) is 0 Å². The number of ether oxygens (including phenoxy) is 3. The van der Waals surface area contributed by atoms with E-state index in [9.17, 15) is 14.7 Å². The van der Waals surface area contributed by atoms with E-state index in [0.29, 0.717) is 22.9 Å². The summed E-state index contributed by atoms with van der Waals surface area (Å²) in [6.07, 6.45) is -1.03. The van der Waals surface area contributed by atoms with Crippen LogP contribution in [0, 0.1) is 5.92 Å². The van der Waals surface area contributed by atoms with Gasteiger partial charge in [-0.2, -0.15) is 0 Å². The standard InChI is InChI=1S/C40H39N3O6S/c1-26-37(25-50-36-22-18-31(19-23-36)41-27(2)45)48-39(49-38(26)29-10-8-28(24-44)9-11-29)30-12-14-32(15-13-30)42-40(46)43-33-16-20-35(21-17-33)47-34-6-4-3-5-7-34/h3-23,26,37-39,44H,24-25H2,1-2H3,(H,41,45)(H2,42,43,46)/t26-,37+,38+,39+/m0/s1. The number of hydrogen-bond acceptors (Lipinski definition) is 7. The average molecular weight is 690 g/mol.